The zero-order valence-electron chi connectivity index (χ0n) is 19.0. The lowest BCUT2D eigenvalue weighted by atomic mass is 10.0. The first-order chi connectivity index (χ1) is 14.8. The zero-order valence-corrected chi connectivity index (χ0v) is 19.8. The number of hydrogen-bond donors (Lipinski definition) is 1. The van der Waals surface area contributed by atoms with Crippen LogP contribution in [0, 0.1) is 0 Å². The van der Waals surface area contributed by atoms with Crippen LogP contribution < -0.4 is 19.5 Å². The molecule has 31 heavy (non-hydrogen) atoms. The molecule has 170 valence electrons. The summed E-state index contributed by atoms with van der Waals surface area (Å²) in [6, 6.07) is 6.52. The van der Waals surface area contributed by atoms with Crippen molar-refractivity contribution in [2.45, 2.75) is 65.3 Å². The molecule has 0 bridgehead atoms. The molecule has 1 aliphatic rings. The molecule has 2 aromatic rings. The third kappa shape index (κ3) is 7.14. The second-order valence-corrected chi connectivity index (χ2v) is 8.73. The predicted octanol–water partition coefficient (Wildman–Crippen LogP) is 4.79. The molecule has 0 radical (unpaired) electrons. The Morgan fingerprint density at radius 1 is 1.06 bits per heavy atom. The fraction of sp³-hybridized carbons (Fsp3) is 0.565. The van der Waals surface area contributed by atoms with E-state index in [9.17, 15) is 0 Å². The lowest BCUT2D eigenvalue weighted by molar-refractivity contribution is 0.207. The van der Waals surface area contributed by atoms with Crippen molar-refractivity contribution in [2.24, 2.45) is 0 Å². The highest BCUT2D eigenvalue weighted by atomic mass is 35.5. The molecule has 0 amide bonds. The van der Waals surface area contributed by atoms with Gasteiger partial charge in [0.15, 0.2) is 11.6 Å². The molecule has 1 aromatic heterocycles. The van der Waals surface area contributed by atoms with E-state index in [4.69, 9.17) is 25.8 Å². The Hall–Kier alpha value is -2.25. The Labute approximate surface area is 190 Å². The lowest BCUT2D eigenvalue weighted by Gasteiger charge is -2.33. The summed E-state index contributed by atoms with van der Waals surface area (Å²) in [5.41, 5.74) is 1.20. The number of aromatic nitrogens is 2. The highest BCUT2D eigenvalue weighted by Crippen LogP contribution is 2.28. The van der Waals surface area contributed by atoms with E-state index < -0.39 is 0 Å². The fourth-order valence-electron chi connectivity index (χ4n) is 3.69. The van der Waals surface area contributed by atoms with Crippen LogP contribution in [0.4, 0.5) is 5.82 Å². The van der Waals surface area contributed by atoms with Crippen molar-refractivity contribution in [3.8, 4) is 17.2 Å². The van der Waals surface area contributed by atoms with E-state index in [2.05, 4.69) is 32.3 Å². The summed E-state index contributed by atoms with van der Waals surface area (Å²) < 4.78 is 17.2. The van der Waals surface area contributed by atoms with Crippen molar-refractivity contribution in [3.63, 3.8) is 0 Å². The van der Waals surface area contributed by atoms with Crippen molar-refractivity contribution in [1.82, 2.24) is 14.9 Å². The zero-order chi connectivity index (χ0) is 22.4. The maximum atomic E-state index is 5.95. The SMILES string of the molecule is COc1cnc(Cl)nc1NC1CCN(Cc2cc(OC(C)C)cc(OC(C)C)c2)CC1. The van der Waals surface area contributed by atoms with E-state index in [1.807, 2.05) is 33.8 Å². The van der Waals surface area contributed by atoms with Gasteiger partial charge in [0.1, 0.15) is 11.5 Å². The van der Waals surface area contributed by atoms with Crippen LogP contribution in [0.15, 0.2) is 24.4 Å². The first-order valence-corrected chi connectivity index (χ1v) is 11.2. The number of hydrogen-bond acceptors (Lipinski definition) is 7. The average Bonchev–Trinajstić information content (AvgIpc) is 2.68. The molecule has 0 aliphatic carbocycles. The third-order valence-electron chi connectivity index (χ3n) is 4.96. The highest BCUT2D eigenvalue weighted by Gasteiger charge is 2.21. The summed E-state index contributed by atoms with van der Waals surface area (Å²) in [6.45, 7) is 11.0. The van der Waals surface area contributed by atoms with Gasteiger partial charge in [0.2, 0.25) is 5.28 Å². The number of anilines is 1. The Morgan fingerprint density at radius 2 is 1.68 bits per heavy atom. The van der Waals surface area contributed by atoms with Crippen molar-refractivity contribution < 1.29 is 14.2 Å². The molecule has 1 aliphatic heterocycles. The Kier molecular flexibility index (Phi) is 8.21. The first-order valence-electron chi connectivity index (χ1n) is 10.8. The van der Waals surface area contributed by atoms with E-state index in [0.717, 1.165) is 44.0 Å². The van der Waals surface area contributed by atoms with Crippen LogP contribution >= 0.6 is 11.6 Å². The minimum absolute atomic E-state index is 0.122. The van der Waals surface area contributed by atoms with Gasteiger partial charge in [-0.1, -0.05) is 0 Å². The number of nitrogens with one attached hydrogen (secondary N) is 1. The minimum Gasteiger partial charge on any atom is -0.491 e. The second kappa shape index (κ2) is 10.9. The van der Waals surface area contributed by atoms with Crippen molar-refractivity contribution in [2.75, 3.05) is 25.5 Å². The molecule has 1 N–H and O–H groups in total. The van der Waals surface area contributed by atoms with Gasteiger partial charge in [-0.25, -0.2) is 4.98 Å². The molecule has 2 heterocycles. The molecular weight excluding hydrogens is 416 g/mol. The van der Waals surface area contributed by atoms with E-state index in [1.165, 1.54) is 5.56 Å². The number of piperidine rings is 1. The van der Waals surface area contributed by atoms with E-state index in [-0.39, 0.29) is 17.5 Å². The van der Waals surface area contributed by atoms with Gasteiger partial charge in [0, 0.05) is 31.7 Å². The molecule has 0 spiro atoms. The maximum absolute atomic E-state index is 5.95. The molecule has 1 fully saturated rings. The second-order valence-electron chi connectivity index (χ2n) is 8.40. The summed E-state index contributed by atoms with van der Waals surface area (Å²) in [6.07, 6.45) is 3.84. The molecular formula is C23H33ClN4O3. The topological polar surface area (TPSA) is 68.7 Å². The number of halogens is 1. The first kappa shape index (κ1) is 23.4. The van der Waals surface area contributed by atoms with Crippen LogP contribution in [0.1, 0.15) is 46.1 Å². The molecule has 0 saturated carbocycles. The maximum Gasteiger partial charge on any atom is 0.224 e. The molecule has 0 unspecified atom stereocenters. The summed E-state index contributed by atoms with van der Waals surface area (Å²) >= 11 is 5.95. The van der Waals surface area contributed by atoms with Crippen LogP contribution in [0.5, 0.6) is 17.2 Å². The molecule has 8 heteroatoms. The van der Waals surface area contributed by atoms with Gasteiger partial charge in [0.25, 0.3) is 0 Å². The van der Waals surface area contributed by atoms with E-state index >= 15 is 0 Å². The molecule has 1 saturated heterocycles. The largest absolute Gasteiger partial charge is 0.491 e. The smallest absolute Gasteiger partial charge is 0.224 e. The normalized spacial score (nSPS) is 15.4. The predicted molar refractivity (Wildman–Crippen MR) is 123 cm³/mol. The summed E-state index contributed by atoms with van der Waals surface area (Å²) in [4.78, 5) is 10.7. The number of ether oxygens (including phenoxy) is 3. The van der Waals surface area contributed by atoms with Crippen LogP contribution in [-0.2, 0) is 6.54 Å². The van der Waals surface area contributed by atoms with Crippen LogP contribution in [0.2, 0.25) is 5.28 Å². The summed E-state index contributed by atoms with van der Waals surface area (Å²) in [5.74, 6) is 2.96. The Balaban J connectivity index is 1.61. The fourth-order valence-corrected chi connectivity index (χ4v) is 3.82. The number of likely N-dealkylation sites (tertiary alicyclic amines) is 1. The Bertz CT molecular complexity index is 826. The van der Waals surface area contributed by atoms with Gasteiger partial charge in [-0.05, 0) is 69.8 Å². The molecule has 7 nitrogen and oxygen atoms in total. The van der Waals surface area contributed by atoms with Crippen molar-refractivity contribution >= 4 is 17.4 Å². The van der Waals surface area contributed by atoms with Gasteiger partial charge in [-0.2, -0.15) is 4.98 Å². The van der Waals surface area contributed by atoms with Crippen molar-refractivity contribution in [1.29, 1.82) is 0 Å². The van der Waals surface area contributed by atoms with Crippen LogP contribution in [0.3, 0.4) is 0 Å². The number of methoxy groups -OCH3 is 1. The van der Waals surface area contributed by atoms with Gasteiger partial charge >= 0.3 is 0 Å². The average molecular weight is 449 g/mol. The Morgan fingerprint density at radius 3 is 2.23 bits per heavy atom. The molecule has 0 atom stereocenters. The monoisotopic (exact) mass is 448 g/mol. The summed E-state index contributed by atoms with van der Waals surface area (Å²) in [7, 11) is 1.61. The standard InChI is InChI=1S/C23H33ClN4O3/c1-15(2)30-19-10-17(11-20(12-19)31-16(3)4)14-28-8-6-18(7-9-28)26-22-21(29-5)13-25-23(24)27-22/h10-13,15-16,18H,6-9,14H2,1-5H3,(H,25,26,27). The van der Waals surface area contributed by atoms with Gasteiger partial charge in [-0.3, -0.25) is 4.90 Å². The lowest BCUT2D eigenvalue weighted by Crippen LogP contribution is -2.38. The van der Waals surface area contributed by atoms with Crippen molar-refractivity contribution in [3.05, 3.63) is 35.2 Å². The number of nitrogens with zero attached hydrogens (tertiary/aromatic N) is 3. The van der Waals surface area contributed by atoms with Crippen LogP contribution in [-0.4, -0.2) is 53.3 Å². The van der Waals surface area contributed by atoms with Gasteiger partial charge in [-0.15, -0.1) is 0 Å². The van der Waals surface area contributed by atoms with Gasteiger partial charge in [0.05, 0.1) is 25.5 Å². The van der Waals surface area contributed by atoms with E-state index in [1.54, 1.807) is 13.3 Å². The minimum atomic E-state index is 0.122. The molecule has 3 rings (SSSR count). The quantitative estimate of drug-likeness (QED) is 0.553. The molecule has 1 aromatic carbocycles. The number of rotatable bonds is 9. The van der Waals surface area contributed by atoms with E-state index in [0.29, 0.717) is 17.6 Å². The third-order valence-corrected chi connectivity index (χ3v) is 5.15. The van der Waals surface area contributed by atoms with Gasteiger partial charge < -0.3 is 19.5 Å². The number of benzene rings is 1. The highest BCUT2D eigenvalue weighted by molar-refractivity contribution is 6.28. The van der Waals surface area contributed by atoms with Crippen LogP contribution in [0.25, 0.3) is 0 Å². The summed E-state index contributed by atoms with van der Waals surface area (Å²) in [5, 5.41) is 3.67.